The molecule has 3 aromatic rings. The maximum absolute atomic E-state index is 13.1. The summed E-state index contributed by atoms with van der Waals surface area (Å²) in [4.78, 5) is 27.1. The van der Waals surface area contributed by atoms with Gasteiger partial charge in [-0.15, -0.1) is 0 Å². The molecule has 2 amide bonds. The summed E-state index contributed by atoms with van der Waals surface area (Å²) in [6.07, 6.45) is 5.25. The molecule has 1 aliphatic rings. The highest BCUT2D eigenvalue weighted by Gasteiger charge is 2.25. The summed E-state index contributed by atoms with van der Waals surface area (Å²) in [7, 11) is -3.88. The average molecular weight is 468 g/mol. The van der Waals surface area contributed by atoms with Gasteiger partial charge >= 0.3 is 0 Å². The molecule has 1 aliphatic heterocycles. The van der Waals surface area contributed by atoms with Crippen molar-refractivity contribution in [2.75, 3.05) is 25.4 Å². The normalized spacial score (nSPS) is 14.4. The van der Waals surface area contributed by atoms with Gasteiger partial charge in [-0.05, 0) is 37.3 Å². The summed E-state index contributed by atoms with van der Waals surface area (Å²) in [5.41, 5.74) is 1.74. The van der Waals surface area contributed by atoms with Crippen molar-refractivity contribution in [3.63, 3.8) is 0 Å². The molecule has 8 heteroatoms. The zero-order chi connectivity index (χ0) is 23.3. The number of hydrogen-bond acceptors (Lipinski definition) is 4. The lowest BCUT2D eigenvalue weighted by Crippen LogP contribution is -2.37. The van der Waals surface area contributed by atoms with E-state index in [2.05, 4.69) is 5.32 Å². The average Bonchev–Trinajstić information content (AvgIpc) is 3.19. The second kappa shape index (κ2) is 10.2. The van der Waals surface area contributed by atoms with Crippen molar-refractivity contribution in [2.45, 2.75) is 37.1 Å². The molecule has 0 saturated carbocycles. The number of piperidine rings is 1. The highest BCUT2D eigenvalue weighted by Crippen LogP contribution is 2.26. The Hall–Kier alpha value is -3.13. The van der Waals surface area contributed by atoms with Crippen LogP contribution in [0.4, 0.5) is 0 Å². The van der Waals surface area contributed by atoms with Gasteiger partial charge in [0.2, 0.25) is 11.8 Å². The molecule has 0 bridgehead atoms. The first-order valence-corrected chi connectivity index (χ1v) is 13.0. The molecular weight excluding hydrogens is 438 g/mol. The predicted octanol–water partition coefficient (Wildman–Crippen LogP) is 2.79. The minimum absolute atomic E-state index is 0.0157. The quantitative estimate of drug-likeness (QED) is 0.552. The van der Waals surface area contributed by atoms with Crippen molar-refractivity contribution in [3.05, 3.63) is 66.4 Å². The van der Waals surface area contributed by atoms with Crippen LogP contribution in [0.1, 0.15) is 24.8 Å². The van der Waals surface area contributed by atoms with E-state index in [0.717, 1.165) is 37.9 Å². The molecule has 1 aromatic heterocycles. The monoisotopic (exact) mass is 467 g/mol. The molecule has 0 aliphatic carbocycles. The lowest BCUT2D eigenvalue weighted by molar-refractivity contribution is -0.132. The van der Waals surface area contributed by atoms with Gasteiger partial charge in [0.1, 0.15) is 12.3 Å². The van der Waals surface area contributed by atoms with E-state index < -0.39 is 21.5 Å². The number of sulfone groups is 1. The van der Waals surface area contributed by atoms with Gasteiger partial charge in [-0.1, -0.05) is 48.5 Å². The molecule has 0 unspecified atom stereocenters. The number of para-hydroxylation sites is 1. The Labute approximate surface area is 194 Å². The topological polar surface area (TPSA) is 88.5 Å². The van der Waals surface area contributed by atoms with Crippen LogP contribution in [0, 0.1) is 0 Å². The second-order valence-corrected chi connectivity index (χ2v) is 10.4. The number of rotatable bonds is 8. The third-order valence-corrected chi connectivity index (χ3v) is 7.64. The fourth-order valence-electron chi connectivity index (χ4n) is 4.27. The first-order chi connectivity index (χ1) is 15.9. The van der Waals surface area contributed by atoms with Crippen molar-refractivity contribution < 1.29 is 18.0 Å². The van der Waals surface area contributed by atoms with Gasteiger partial charge in [0, 0.05) is 36.7 Å². The Morgan fingerprint density at radius 2 is 1.61 bits per heavy atom. The van der Waals surface area contributed by atoms with E-state index in [0.29, 0.717) is 23.9 Å². The van der Waals surface area contributed by atoms with E-state index in [1.165, 1.54) is 6.20 Å². The molecule has 174 valence electrons. The van der Waals surface area contributed by atoms with Crippen LogP contribution in [0.2, 0.25) is 0 Å². The maximum Gasteiger partial charge on any atom is 0.242 e. The van der Waals surface area contributed by atoms with E-state index in [-0.39, 0.29) is 17.3 Å². The lowest BCUT2D eigenvalue weighted by atomic mass is 10.1. The number of hydrogen-bond donors (Lipinski definition) is 1. The molecule has 1 saturated heterocycles. The number of nitrogens with one attached hydrogen (secondary N) is 1. The summed E-state index contributed by atoms with van der Waals surface area (Å²) in [6.45, 7) is 1.93. The second-order valence-electron chi connectivity index (χ2n) is 8.42. The molecule has 2 heterocycles. The third kappa shape index (κ3) is 5.63. The minimum atomic E-state index is -3.88. The van der Waals surface area contributed by atoms with E-state index in [1.807, 2.05) is 41.3 Å². The summed E-state index contributed by atoms with van der Waals surface area (Å²) < 4.78 is 27.9. The Morgan fingerprint density at radius 1 is 0.909 bits per heavy atom. The maximum atomic E-state index is 13.1. The molecule has 4 rings (SSSR count). The van der Waals surface area contributed by atoms with E-state index in [4.69, 9.17) is 0 Å². The number of carbonyl (C=O) groups is 2. The number of carbonyl (C=O) groups excluding carboxylic acids is 2. The van der Waals surface area contributed by atoms with Gasteiger partial charge < -0.3 is 14.8 Å². The van der Waals surface area contributed by atoms with Crippen molar-refractivity contribution >= 4 is 32.6 Å². The highest BCUT2D eigenvalue weighted by atomic mass is 32.2. The van der Waals surface area contributed by atoms with Gasteiger partial charge in [0.25, 0.3) is 0 Å². The first kappa shape index (κ1) is 23.0. The summed E-state index contributed by atoms with van der Waals surface area (Å²) >= 11 is 0. The standard InChI is InChI=1S/C25H29N3O4S/c29-24(26-14-13-20-9-3-1-4-10-20)19-33(31,32)23-17-28(22-12-6-5-11-21(22)23)18-25(30)27-15-7-2-8-16-27/h1,3-6,9-12,17H,2,7-8,13-16,18-19H2,(H,26,29). The summed E-state index contributed by atoms with van der Waals surface area (Å²) in [5.74, 6) is -1.18. The minimum Gasteiger partial charge on any atom is -0.355 e. The molecule has 2 aromatic carbocycles. The van der Waals surface area contributed by atoms with Gasteiger partial charge in [0.15, 0.2) is 9.84 Å². The molecular formula is C25H29N3O4S. The van der Waals surface area contributed by atoms with Crippen LogP contribution >= 0.6 is 0 Å². The molecule has 1 N–H and O–H groups in total. The Bertz CT molecular complexity index is 1230. The molecule has 33 heavy (non-hydrogen) atoms. The number of likely N-dealkylation sites (tertiary alicyclic amines) is 1. The Kier molecular flexibility index (Phi) is 7.13. The van der Waals surface area contributed by atoms with Crippen LogP contribution in [0.15, 0.2) is 65.7 Å². The lowest BCUT2D eigenvalue weighted by Gasteiger charge is -2.27. The molecule has 7 nitrogen and oxygen atoms in total. The van der Waals surface area contributed by atoms with Crippen LogP contribution in [0.5, 0.6) is 0 Å². The molecule has 0 atom stereocenters. The van der Waals surface area contributed by atoms with Gasteiger partial charge in [-0.3, -0.25) is 9.59 Å². The highest BCUT2D eigenvalue weighted by molar-refractivity contribution is 7.92. The van der Waals surface area contributed by atoms with E-state index in [1.54, 1.807) is 22.8 Å². The zero-order valence-electron chi connectivity index (χ0n) is 18.6. The summed E-state index contributed by atoms with van der Waals surface area (Å²) in [6, 6.07) is 16.8. The van der Waals surface area contributed by atoms with Gasteiger partial charge in [-0.2, -0.15) is 0 Å². The van der Waals surface area contributed by atoms with Gasteiger partial charge in [0.05, 0.1) is 4.90 Å². The predicted molar refractivity (Wildman–Crippen MR) is 128 cm³/mol. The van der Waals surface area contributed by atoms with Crippen molar-refractivity contribution in [1.82, 2.24) is 14.8 Å². The largest absolute Gasteiger partial charge is 0.355 e. The SMILES string of the molecule is O=C(CS(=O)(=O)c1cn(CC(=O)N2CCCCC2)c2ccccc12)NCCc1ccccc1. The van der Waals surface area contributed by atoms with Crippen molar-refractivity contribution in [3.8, 4) is 0 Å². The number of fused-ring (bicyclic) bond motifs is 1. The number of nitrogens with zero attached hydrogens (tertiary/aromatic N) is 2. The molecule has 1 fully saturated rings. The first-order valence-electron chi connectivity index (χ1n) is 11.3. The van der Waals surface area contributed by atoms with E-state index in [9.17, 15) is 18.0 Å². The molecule has 0 spiro atoms. The Morgan fingerprint density at radius 3 is 2.36 bits per heavy atom. The summed E-state index contributed by atoms with van der Waals surface area (Å²) in [5, 5.41) is 3.23. The van der Waals surface area contributed by atoms with Crippen LogP contribution in [-0.2, 0) is 32.4 Å². The van der Waals surface area contributed by atoms with Gasteiger partial charge in [-0.25, -0.2) is 8.42 Å². The fourth-order valence-corrected chi connectivity index (χ4v) is 5.67. The Balaban J connectivity index is 1.47. The fraction of sp³-hybridized carbons (Fsp3) is 0.360. The number of benzene rings is 2. The number of amides is 2. The zero-order valence-corrected chi connectivity index (χ0v) is 19.4. The van der Waals surface area contributed by atoms with Crippen LogP contribution in [-0.4, -0.2) is 55.1 Å². The number of aromatic nitrogens is 1. The van der Waals surface area contributed by atoms with Crippen LogP contribution in [0.25, 0.3) is 10.9 Å². The van der Waals surface area contributed by atoms with Crippen molar-refractivity contribution in [2.24, 2.45) is 0 Å². The third-order valence-electron chi connectivity index (χ3n) is 6.00. The smallest absolute Gasteiger partial charge is 0.242 e. The van der Waals surface area contributed by atoms with Crippen molar-refractivity contribution in [1.29, 1.82) is 0 Å². The van der Waals surface area contributed by atoms with E-state index >= 15 is 0 Å². The van der Waals surface area contributed by atoms with Crippen LogP contribution < -0.4 is 5.32 Å². The van der Waals surface area contributed by atoms with Crippen LogP contribution in [0.3, 0.4) is 0 Å². The molecule has 0 radical (unpaired) electrons.